The van der Waals surface area contributed by atoms with E-state index in [0.29, 0.717) is 12.5 Å². The summed E-state index contributed by atoms with van der Waals surface area (Å²) in [6.07, 6.45) is 0. The normalized spacial score (nSPS) is 13.4. The Hall–Kier alpha value is -1.81. The number of methoxy groups -OCH3 is 1. The number of nitrogens with zero attached hydrogens (tertiary/aromatic N) is 2. The Balaban J connectivity index is 2.58. The maximum Gasteiger partial charge on any atom is 0.122 e. The van der Waals surface area contributed by atoms with Crippen molar-refractivity contribution >= 4 is 0 Å². The predicted molar refractivity (Wildman–Crippen MR) is 99.9 cm³/mol. The van der Waals surface area contributed by atoms with Crippen LogP contribution in [-0.2, 0) is 12.5 Å². The van der Waals surface area contributed by atoms with E-state index in [4.69, 9.17) is 10.5 Å². The van der Waals surface area contributed by atoms with Crippen molar-refractivity contribution < 1.29 is 4.74 Å². The summed E-state index contributed by atoms with van der Waals surface area (Å²) in [5, 5.41) is 4.65. The summed E-state index contributed by atoms with van der Waals surface area (Å²) in [5.41, 5.74) is 10.9. The third-order valence-corrected chi connectivity index (χ3v) is 4.59. The summed E-state index contributed by atoms with van der Waals surface area (Å²) in [7, 11) is 3.70. The fourth-order valence-corrected chi connectivity index (χ4v) is 2.99. The number of nitrogens with two attached hydrogens (primary N) is 1. The fourth-order valence-electron chi connectivity index (χ4n) is 2.99. The van der Waals surface area contributed by atoms with Crippen molar-refractivity contribution in [1.82, 2.24) is 9.78 Å². The third-order valence-electron chi connectivity index (χ3n) is 4.59. The Bertz CT molecular complexity index is 695. The molecule has 4 nitrogen and oxygen atoms in total. The zero-order valence-electron chi connectivity index (χ0n) is 16.1. The molecule has 2 N–H and O–H groups in total. The number of rotatable bonds is 5. The van der Waals surface area contributed by atoms with Gasteiger partial charge in [-0.25, -0.2) is 0 Å². The van der Waals surface area contributed by atoms with Crippen LogP contribution < -0.4 is 10.5 Å². The minimum Gasteiger partial charge on any atom is -0.496 e. The Morgan fingerprint density at radius 1 is 1.21 bits per heavy atom. The van der Waals surface area contributed by atoms with Gasteiger partial charge in [-0.15, -0.1) is 0 Å². The molecule has 1 heterocycles. The molecule has 132 valence electrons. The van der Waals surface area contributed by atoms with Crippen molar-refractivity contribution in [3.8, 4) is 5.75 Å². The second-order valence-electron chi connectivity index (χ2n) is 7.77. The molecule has 0 radical (unpaired) electrons. The molecule has 24 heavy (non-hydrogen) atoms. The van der Waals surface area contributed by atoms with E-state index < -0.39 is 0 Å². The van der Waals surface area contributed by atoms with Gasteiger partial charge in [-0.3, -0.25) is 4.68 Å². The highest BCUT2D eigenvalue weighted by atomic mass is 16.5. The van der Waals surface area contributed by atoms with Gasteiger partial charge in [-0.1, -0.05) is 46.8 Å². The Morgan fingerprint density at radius 3 is 2.33 bits per heavy atom. The van der Waals surface area contributed by atoms with Gasteiger partial charge in [-0.05, 0) is 29.0 Å². The summed E-state index contributed by atoms with van der Waals surface area (Å²) in [6, 6.07) is 8.60. The van der Waals surface area contributed by atoms with Crippen molar-refractivity contribution in [3.63, 3.8) is 0 Å². The average Bonchev–Trinajstić information content (AvgIpc) is 2.89. The highest BCUT2D eigenvalue weighted by molar-refractivity contribution is 5.45. The third kappa shape index (κ3) is 3.64. The molecule has 2 rings (SSSR count). The molecule has 0 amide bonds. The molecule has 0 aliphatic heterocycles. The van der Waals surface area contributed by atoms with E-state index in [-0.39, 0.29) is 11.3 Å². The van der Waals surface area contributed by atoms with Crippen molar-refractivity contribution in [1.29, 1.82) is 0 Å². The summed E-state index contributed by atoms with van der Waals surface area (Å²) in [6.45, 7) is 11.5. The van der Waals surface area contributed by atoms with Crippen LogP contribution >= 0.6 is 0 Å². The van der Waals surface area contributed by atoms with Gasteiger partial charge >= 0.3 is 0 Å². The highest BCUT2D eigenvalue weighted by Crippen LogP contribution is 2.35. The molecule has 0 aliphatic carbocycles. The van der Waals surface area contributed by atoms with Crippen molar-refractivity contribution in [3.05, 3.63) is 46.8 Å². The van der Waals surface area contributed by atoms with Crippen molar-refractivity contribution in [2.24, 2.45) is 12.8 Å². The first-order valence-corrected chi connectivity index (χ1v) is 8.61. The minimum atomic E-state index is 0.0623. The molecule has 4 heteroatoms. The number of aromatic nitrogens is 2. The van der Waals surface area contributed by atoms with Gasteiger partial charge in [-0.2, -0.15) is 5.10 Å². The van der Waals surface area contributed by atoms with Crippen LogP contribution in [0.5, 0.6) is 5.75 Å². The quantitative estimate of drug-likeness (QED) is 0.904. The summed E-state index contributed by atoms with van der Waals surface area (Å²) < 4.78 is 7.58. The van der Waals surface area contributed by atoms with Crippen LogP contribution in [-0.4, -0.2) is 23.4 Å². The Labute approximate surface area is 146 Å². The maximum absolute atomic E-state index is 6.18. The molecule has 1 unspecified atom stereocenters. The molecule has 0 saturated carbocycles. The number of hydrogen-bond donors (Lipinski definition) is 1. The molecular formula is C20H31N3O. The lowest BCUT2D eigenvalue weighted by molar-refractivity contribution is 0.406. The molecule has 0 spiro atoms. The van der Waals surface area contributed by atoms with Gasteiger partial charge in [0, 0.05) is 30.8 Å². The summed E-state index contributed by atoms with van der Waals surface area (Å²) in [5.74, 6) is 1.34. The SMILES string of the molecule is COc1ccc(C(C)(C)C)cc1C(CN)c1cc(C(C)C)nn1C. The molecule has 1 atom stereocenters. The standard InChI is InChI=1S/C20H31N3O/c1-13(2)17-11-18(23(6)22-17)16(12-21)15-10-14(20(3,4)5)8-9-19(15)24-7/h8-11,13,16H,12,21H2,1-7H3. The largest absolute Gasteiger partial charge is 0.496 e. The van der Waals surface area contributed by atoms with Gasteiger partial charge in [0.05, 0.1) is 12.8 Å². The van der Waals surface area contributed by atoms with Crippen LogP contribution in [0.25, 0.3) is 0 Å². The topological polar surface area (TPSA) is 53.1 Å². The Morgan fingerprint density at radius 2 is 1.88 bits per heavy atom. The molecule has 0 saturated heterocycles. The van der Waals surface area contributed by atoms with Crippen LogP contribution in [0, 0.1) is 0 Å². The van der Waals surface area contributed by atoms with E-state index >= 15 is 0 Å². The molecule has 0 fully saturated rings. The van der Waals surface area contributed by atoms with Gasteiger partial charge < -0.3 is 10.5 Å². The van der Waals surface area contributed by atoms with Crippen molar-refractivity contribution in [2.45, 2.75) is 51.9 Å². The zero-order valence-corrected chi connectivity index (χ0v) is 16.1. The molecule has 0 bridgehead atoms. The van der Waals surface area contributed by atoms with E-state index in [9.17, 15) is 0 Å². The first-order chi connectivity index (χ1) is 11.2. The van der Waals surface area contributed by atoms with Crippen molar-refractivity contribution in [2.75, 3.05) is 13.7 Å². The van der Waals surface area contributed by atoms with Gasteiger partial charge in [0.2, 0.25) is 0 Å². The van der Waals surface area contributed by atoms with Crippen LogP contribution in [0.4, 0.5) is 0 Å². The van der Waals surface area contributed by atoms with Crippen LogP contribution in [0.3, 0.4) is 0 Å². The lowest BCUT2D eigenvalue weighted by atomic mass is 9.83. The molecule has 2 aromatic rings. The maximum atomic E-state index is 6.18. The molecule has 1 aromatic heterocycles. The van der Waals surface area contributed by atoms with E-state index in [1.165, 1.54) is 5.56 Å². The molecule has 0 aliphatic rings. The van der Waals surface area contributed by atoms with Crippen LogP contribution in [0.2, 0.25) is 0 Å². The van der Waals surface area contributed by atoms with E-state index in [2.05, 4.69) is 64.0 Å². The first kappa shape index (κ1) is 18.5. The number of benzene rings is 1. The van der Waals surface area contributed by atoms with Gasteiger partial charge in [0.15, 0.2) is 0 Å². The van der Waals surface area contributed by atoms with Gasteiger partial charge in [0.1, 0.15) is 5.75 Å². The second-order valence-corrected chi connectivity index (χ2v) is 7.77. The predicted octanol–water partition coefficient (Wildman–Crippen LogP) is 3.94. The summed E-state index contributed by atoms with van der Waals surface area (Å²) in [4.78, 5) is 0. The van der Waals surface area contributed by atoms with Crippen LogP contribution in [0.15, 0.2) is 24.3 Å². The van der Waals surface area contributed by atoms with E-state index in [1.54, 1.807) is 7.11 Å². The lowest BCUT2D eigenvalue weighted by Crippen LogP contribution is -2.19. The molecular weight excluding hydrogens is 298 g/mol. The monoisotopic (exact) mass is 329 g/mol. The highest BCUT2D eigenvalue weighted by Gasteiger charge is 2.24. The van der Waals surface area contributed by atoms with E-state index in [1.807, 2.05) is 11.7 Å². The lowest BCUT2D eigenvalue weighted by Gasteiger charge is -2.24. The Kier molecular flexibility index (Phi) is 5.38. The second kappa shape index (κ2) is 6.98. The average molecular weight is 329 g/mol. The first-order valence-electron chi connectivity index (χ1n) is 8.61. The van der Waals surface area contributed by atoms with Gasteiger partial charge in [0.25, 0.3) is 0 Å². The van der Waals surface area contributed by atoms with E-state index in [0.717, 1.165) is 22.7 Å². The number of aryl methyl sites for hydroxylation is 1. The number of ether oxygens (including phenoxy) is 1. The minimum absolute atomic E-state index is 0.0623. The smallest absolute Gasteiger partial charge is 0.122 e. The fraction of sp³-hybridized carbons (Fsp3) is 0.550. The summed E-state index contributed by atoms with van der Waals surface area (Å²) >= 11 is 0. The number of hydrogen-bond acceptors (Lipinski definition) is 3. The zero-order chi connectivity index (χ0) is 18.1. The molecule has 1 aromatic carbocycles. The van der Waals surface area contributed by atoms with Crippen LogP contribution in [0.1, 0.15) is 69.0 Å².